The van der Waals surface area contributed by atoms with Gasteiger partial charge >= 0.3 is 0 Å². The van der Waals surface area contributed by atoms with Crippen molar-refractivity contribution in [2.24, 2.45) is 0 Å². The molecule has 1 heterocycles. The summed E-state index contributed by atoms with van der Waals surface area (Å²) in [7, 11) is 1.56. The van der Waals surface area contributed by atoms with Crippen molar-refractivity contribution in [2.45, 2.75) is 19.8 Å². The molecule has 1 N–H and O–H groups in total. The summed E-state index contributed by atoms with van der Waals surface area (Å²) in [6.45, 7) is 2.49. The Hall–Kier alpha value is -3.46. The molecule has 0 atom stereocenters. The predicted octanol–water partition coefficient (Wildman–Crippen LogP) is 2.66. The topological polar surface area (TPSA) is 94.2 Å². The number of ketones is 1. The number of ether oxygens (including phenoxy) is 3. The quantitative estimate of drug-likeness (QED) is 0.411. The summed E-state index contributed by atoms with van der Waals surface area (Å²) in [5, 5.41) is 2.73. The van der Waals surface area contributed by atoms with Crippen LogP contribution in [0.5, 0.6) is 11.5 Å². The van der Waals surface area contributed by atoms with E-state index in [-0.39, 0.29) is 43.0 Å². The molecule has 0 aromatic heterocycles. The van der Waals surface area contributed by atoms with Gasteiger partial charge in [0.15, 0.2) is 30.6 Å². The van der Waals surface area contributed by atoms with E-state index < -0.39 is 5.82 Å². The number of amides is 2. The lowest BCUT2D eigenvalue weighted by atomic mass is 10.1. The molecule has 0 bridgehead atoms. The second-order valence-electron chi connectivity index (χ2n) is 7.61. The van der Waals surface area contributed by atoms with E-state index in [0.717, 1.165) is 5.56 Å². The lowest BCUT2D eigenvalue weighted by Crippen LogP contribution is -2.40. The SMILES string of the molecule is COCCNC(=O)CCCN1C(=O)COc2ccc(C(=O)COc3cc(C)ccc3F)cc21. The summed E-state index contributed by atoms with van der Waals surface area (Å²) < 4.78 is 29.6. The fourth-order valence-electron chi connectivity index (χ4n) is 3.35. The zero-order valence-corrected chi connectivity index (χ0v) is 18.7. The Labute approximate surface area is 191 Å². The maximum Gasteiger partial charge on any atom is 0.265 e. The smallest absolute Gasteiger partial charge is 0.265 e. The van der Waals surface area contributed by atoms with Gasteiger partial charge in [-0.05, 0) is 49.2 Å². The number of nitrogens with zero attached hydrogens (tertiary/aromatic N) is 1. The third-order valence-electron chi connectivity index (χ3n) is 5.08. The van der Waals surface area contributed by atoms with Crippen LogP contribution >= 0.6 is 0 Å². The van der Waals surface area contributed by atoms with Crippen LogP contribution in [0.3, 0.4) is 0 Å². The van der Waals surface area contributed by atoms with Gasteiger partial charge in [0.1, 0.15) is 5.75 Å². The van der Waals surface area contributed by atoms with Crippen molar-refractivity contribution in [3.05, 3.63) is 53.3 Å². The highest BCUT2D eigenvalue weighted by Crippen LogP contribution is 2.33. The molecule has 0 fully saturated rings. The number of nitrogens with one attached hydrogen (secondary N) is 1. The average molecular weight is 458 g/mol. The summed E-state index contributed by atoms with van der Waals surface area (Å²) in [6.07, 6.45) is 0.691. The first kappa shape index (κ1) is 24.2. The minimum atomic E-state index is -0.546. The number of carbonyl (C=O) groups excluding carboxylic acids is 3. The molecular formula is C24H27FN2O6. The van der Waals surface area contributed by atoms with Gasteiger partial charge in [-0.3, -0.25) is 14.4 Å². The summed E-state index contributed by atoms with van der Waals surface area (Å²) >= 11 is 0. The summed E-state index contributed by atoms with van der Waals surface area (Å²) in [5.74, 6) is -0.821. The van der Waals surface area contributed by atoms with Crippen LogP contribution in [0.1, 0.15) is 28.8 Å². The Morgan fingerprint density at radius 1 is 1.21 bits per heavy atom. The van der Waals surface area contributed by atoms with Crippen LogP contribution in [0.4, 0.5) is 10.1 Å². The van der Waals surface area contributed by atoms with E-state index in [2.05, 4.69) is 5.32 Å². The van der Waals surface area contributed by atoms with Crippen LogP contribution in [-0.4, -0.2) is 57.6 Å². The van der Waals surface area contributed by atoms with Crippen molar-refractivity contribution in [3.8, 4) is 11.5 Å². The fraction of sp³-hybridized carbons (Fsp3) is 0.375. The molecule has 2 amide bonds. The molecule has 9 heteroatoms. The van der Waals surface area contributed by atoms with Crippen LogP contribution in [0.15, 0.2) is 36.4 Å². The van der Waals surface area contributed by atoms with E-state index in [1.54, 1.807) is 38.3 Å². The lowest BCUT2D eigenvalue weighted by molar-refractivity contribution is -0.123. The van der Waals surface area contributed by atoms with Crippen molar-refractivity contribution in [3.63, 3.8) is 0 Å². The Balaban J connectivity index is 1.64. The molecule has 2 aromatic rings. The molecule has 1 aliphatic rings. The van der Waals surface area contributed by atoms with Crippen molar-refractivity contribution >= 4 is 23.3 Å². The number of Topliss-reactive ketones (excluding diaryl/α,β-unsaturated/α-hetero) is 1. The third kappa shape index (κ3) is 6.52. The standard InChI is InChI=1S/C24H27FN2O6/c1-16-5-7-18(25)22(12-16)32-14-20(28)17-6-8-21-19(13-17)27(24(30)15-33-21)10-3-4-23(29)26-9-11-31-2/h5-8,12-13H,3-4,9-11,14-15H2,1-2H3,(H,26,29). The zero-order chi connectivity index (χ0) is 23.8. The molecule has 0 aliphatic carbocycles. The van der Waals surface area contributed by atoms with E-state index in [0.29, 0.717) is 43.1 Å². The van der Waals surface area contributed by atoms with E-state index >= 15 is 0 Å². The monoisotopic (exact) mass is 458 g/mol. The highest BCUT2D eigenvalue weighted by Gasteiger charge is 2.26. The number of hydrogen-bond acceptors (Lipinski definition) is 6. The molecule has 33 heavy (non-hydrogen) atoms. The summed E-state index contributed by atoms with van der Waals surface area (Å²) in [6, 6.07) is 9.18. The van der Waals surface area contributed by atoms with Crippen LogP contribution < -0.4 is 19.7 Å². The molecule has 0 unspecified atom stereocenters. The first-order valence-electron chi connectivity index (χ1n) is 10.6. The maximum atomic E-state index is 13.9. The number of rotatable bonds is 11. The number of carbonyl (C=O) groups is 3. The number of fused-ring (bicyclic) bond motifs is 1. The molecule has 176 valence electrons. The van der Waals surface area contributed by atoms with Gasteiger partial charge in [0, 0.05) is 32.2 Å². The summed E-state index contributed by atoms with van der Waals surface area (Å²) in [5.41, 5.74) is 1.58. The normalized spacial score (nSPS) is 12.7. The highest BCUT2D eigenvalue weighted by molar-refractivity contribution is 6.02. The minimum absolute atomic E-state index is 0.00484. The second kappa shape index (κ2) is 11.4. The molecule has 0 spiro atoms. The number of aryl methyl sites for hydroxylation is 1. The Morgan fingerprint density at radius 3 is 2.82 bits per heavy atom. The van der Waals surface area contributed by atoms with E-state index in [1.165, 1.54) is 17.0 Å². The molecule has 2 aromatic carbocycles. The molecule has 0 radical (unpaired) electrons. The molecular weight excluding hydrogens is 431 g/mol. The number of anilines is 1. The number of benzene rings is 2. The minimum Gasteiger partial charge on any atom is -0.482 e. The first-order valence-corrected chi connectivity index (χ1v) is 10.6. The Kier molecular flexibility index (Phi) is 8.37. The Morgan fingerprint density at radius 2 is 2.03 bits per heavy atom. The van der Waals surface area contributed by atoms with Crippen LogP contribution in [0.2, 0.25) is 0 Å². The van der Waals surface area contributed by atoms with Crippen molar-refractivity contribution in [1.29, 1.82) is 0 Å². The first-order chi connectivity index (χ1) is 15.9. The second-order valence-corrected chi connectivity index (χ2v) is 7.61. The van der Waals surface area contributed by atoms with Crippen molar-refractivity contribution < 1.29 is 33.0 Å². The predicted molar refractivity (Wildman–Crippen MR) is 119 cm³/mol. The van der Waals surface area contributed by atoms with Gasteiger partial charge < -0.3 is 24.4 Å². The number of halogens is 1. The van der Waals surface area contributed by atoms with E-state index in [9.17, 15) is 18.8 Å². The van der Waals surface area contributed by atoms with E-state index in [1.807, 2.05) is 0 Å². The van der Waals surface area contributed by atoms with Gasteiger partial charge in [-0.1, -0.05) is 6.07 Å². The molecule has 8 nitrogen and oxygen atoms in total. The van der Waals surface area contributed by atoms with E-state index in [4.69, 9.17) is 14.2 Å². The van der Waals surface area contributed by atoms with Gasteiger partial charge in [0.25, 0.3) is 5.91 Å². The van der Waals surface area contributed by atoms with Crippen molar-refractivity contribution in [1.82, 2.24) is 5.32 Å². The molecule has 1 aliphatic heterocycles. The fourth-order valence-corrected chi connectivity index (χ4v) is 3.35. The number of methoxy groups -OCH3 is 1. The van der Waals surface area contributed by atoms with Crippen LogP contribution in [0, 0.1) is 12.7 Å². The van der Waals surface area contributed by atoms with Crippen molar-refractivity contribution in [2.75, 3.05) is 44.9 Å². The van der Waals surface area contributed by atoms with Crippen LogP contribution in [0.25, 0.3) is 0 Å². The molecule has 3 rings (SSSR count). The third-order valence-corrected chi connectivity index (χ3v) is 5.08. The highest BCUT2D eigenvalue weighted by atomic mass is 19.1. The van der Waals surface area contributed by atoms with Gasteiger partial charge in [-0.2, -0.15) is 0 Å². The largest absolute Gasteiger partial charge is 0.482 e. The summed E-state index contributed by atoms with van der Waals surface area (Å²) in [4.78, 5) is 38.5. The Bertz CT molecular complexity index is 1030. The molecule has 0 saturated heterocycles. The van der Waals surface area contributed by atoms with Crippen LogP contribution in [-0.2, 0) is 14.3 Å². The number of hydrogen-bond donors (Lipinski definition) is 1. The van der Waals surface area contributed by atoms with Gasteiger partial charge in [-0.15, -0.1) is 0 Å². The molecule has 0 saturated carbocycles. The van der Waals surface area contributed by atoms with Gasteiger partial charge in [-0.25, -0.2) is 4.39 Å². The van der Waals surface area contributed by atoms with Gasteiger partial charge in [0.05, 0.1) is 12.3 Å². The zero-order valence-electron chi connectivity index (χ0n) is 18.7. The maximum absolute atomic E-state index is 13.9. The average Bonchev–Trinajstić information content (AvgIpc) is 2.80. The lowest BCUT2D eigenvalue weighted by Gasteiger charge is -2.29. The van der Waals surface area contributed by atoms with Gasteiger partial charge in [0.2, 0.25) is 5.91 Å².